The first-order valence-electron chi connectivity index (χ1n) is 5.37. The highest BCUT2D eigenvalue weighted by Crippen LogP contribution is 2.26. The van der Waals surface area contributed by atoms with Crippen molar-refractivity contribution in [3.63, 3.8) is 0 Å². The fraction of sp³-hybridized carbons (Fsp3) is 0.0714. The molecule has 0 radical (unpaired) electrons. The van der Waals surface area contributed by atoms with Gasteiger partial charge in [-0.1, -0.05) is 30.3 Å². The Bertz CT molecular complexity index is 646. The maximum atomic E-state index is 5.76. The lowest BCUT2D eigenvalue weighted by molar-refractivity contribution is 0.631. The van der Waals surface area contributed by atoms with Gasteiger partial charge < -0.3 is 4.42 Å². The van der Waals surface area contributed by atoms with E-state index in [4.69, 9.17) is 16.0 Å². The molecule has 0 bridgehead atoms. The number of alkyl halides is 1. The molecule has 2 nitrogen and oxygen atoms in total. The van der Waals surface area contributed by atoms with Crippen LogP contribution in [0.3, 0.4) is 0 Å². The summed E-state index contributed by atoms with van der Waals surface area (Å²) in [6, 6.07) is 15.7. The Morgan fingerprint density at radius 1 is 1.06 bits per heavy atom. The predicted molar refractivity (Wildman–Crippen MR) is 69.0 cm³/mol. The number of halogens is 1. The van der Waals surface area contributed by atoms with E-state index in [2.05, 4.69) is 4.98 Å². The largest absolute Gasteiger partial charge is 0.454 e. The molecule has 1 aromatic carbocycles. The molecule has 3 heteroatoms. The zero-order valence-electron chi connectivity index (χ0n) is 9.06. The van der Waals surface area contributed by atoms with Crippen LogP contribution in [-0.2, 0) is 5.88 Å². The Labute approximate surface area is 104 Å². The van der Waals surface area contributed by atoms with Crippen LogP contribution in [0.1, 0.15) is 5.69 Å². The zero-order chi connectivity index (χ0) is 11.7. The molecule has 0 saturated heterocycles. The van der Waals surface area contributed by atoms with Crippen LogP contribution < -0.4 is 0 Å². The van der Waals surface area contributed by atoms with Crippen LogP contribution >= 0.6 is 11.6 Å². The Hall–Kier alpha value is -1.80. The fourth-order valence-corrected chi connectivity index (χ4v) is 1.93. The van der Waals surface area contributed by atoms with E-state index in [-0.39, 0.29) is 0 Å². The van der Waals surface area contributed by atoms with Crippen LogP contribution in [0.5, 0.6) is 0 Å². The first-order chi connectivity index (χ1) is 8.36. The highest BCUT2D eigenvalue weighted by Gasteiger charge is 2.07. The lowest BCUT2D eigenvalue weighted by Gasteiger charge is -1.93. The van der Waals surface area contributed by atoms with Crippen molar-refractivity contribution in [2.24, 2.45) is 0 Å². The van der Waals surface area contributed by atoms with Gasteiger partial charge in [0.2, 0.25) is 0 Å². The molecular formula is C14H10ClNO. The predicted octanol–water partition coefficient (Wildman–Crippen LogP) is 4.23. The average Bonchev–Trinajstić information content (AvgIpc) is 2.82. The number of hydrogen-bond donors (Lipinski definition) is 0. The third-order valence-electron chi connectivity index (χ3n) is 2.63. The molecule has 0 unspecified atom stereocenters. The van der Waals surface area contributed by atoms with Crippen LogP contribution in [0.15, 0.2) is 52.9 Å². The molecule has 0 aliphatic rings. The number of nitrogens with zero attached hydrogens (tertiary/aromatic N) is 1. The average molecular weight is 244 g/mol. The Morgan fingerprint density at radius 2 is 1.88 bits per heavy atom. The zero-order valence-corrected chi connectivity index (χ0v) is 9.82. The molecule has 2 heterocycles. The number of furan rings is 1. The molecule has 0 atom stereocenters. The molecule has 0 aliphatic heterocycles. The topological polar surface area (TPSA) is 26.0 Å². The summed E-state index contributed by atoms with van der Waals surface area (Å²) in [7, 11) is 0. The molecule has 2 aromatic heterocycles. The number of pyridine rings is 1. The summed E-state index contributed by atoms with van der Waals surface area (Å²) in [4.78, 5) is 4.41. The minimum absolute atomic E-state index is 0.418. The number of hydrogen-bond acceptors (Lipinski definition) is 2. The standard InChI is InChI=1S/C14H10ClNO/c15-9-11-6-7-13-12(16-11)8-14(17-13)10-4-2-1-3-5-10/h1-8H,9H2. The van der Waals surface area contributed by atoms with Crippen molar-refractivity contribution in [2.45, 2.75) is 5.88 Å². The normalized spacial score (nSPS) is 10.9. The van der Waals surface area contributed by atoms with Gasteiger partial charge in [0.25, 0.3) is 0 Å². The van der Waals surface area contributed by atoms with Crippen LogP contribution in [0.25, 0.3) is 22.4 Å². The third kappa shape index (κ3) is 1.92. The molecule has 3 rings (SSSR count). The Balaban J connectivity index is 2.14. The minimum atomic E-state index is 0.418. The molecular weight excluding hydrogens is 234 g/mol. The molecule has 0 spiro atoms. The summed E-state index contributed by atoms with van der Waals surface area (Å²) in [5.74, 6) is 1.25. The van der Waals surface area contributed by atoms with E-state index in [1.165, 1.54) is 0 Å². The van der Waals surface area contributed by atoms with E-state index in [1.54, 1.807) is 0 Å². The Morgan fingerprint density at radius 3 is 2.65 bits per heavy atom. The summed E-state index contributed by atoms with van der Waals surface area (Å²) in [5.41, 5.74) is 3.55. The molecule has 0 amide bonds. The maximum Gasteiger partial charge on any atom is 0.153 e. The van der Waals surface area contributed by atoms with Crippen molar-refractivity contribution in [3.05, 3.63) is 54.2 Å². The number of aromatic nitrogens is 1. The Kier molecular flexibility index (Phi) is 2.57. The van der Waals surface area contributed by atoms with Crippen LogP contribution in [-0.4, -0.2) is 4.98 Å². The van der Waals surface area contributed by atoms with Gasteiger partial charge in [0.15, 0.2) is 5.58 Å². The molecule has 0 fully saturated rings. The first kappa shape index (κ1) is 10.4. The van der Waals surface area contributed by atoms with Gasteiger partial charge in [-0.3, -0.25) is 0 Å². The summed E-state index contributed by atoms with van der Waals surface area (Å²) in [6.45, 7) is 0. The lowest BCUT2D eigenvalue weighted by atomic mass is 10.2. The highest BCUT2D eigenvalue weighted by molar-refractivity contribution is 6.16. The fourth-order valence-electron chi connectivity index (χ4n) is 1.79. The molecule has 17 heavy (non-hydrogen) atoms. The second-order valence-corrected chi connectivity index (χ2v) is 4.06. The molecule has 0 aliphatic carbocycles. The van der Waals surface area contributed by atoms with Crippen molar-refractivity contribution in [1.29, 1.82) is 0 Å². The first-order valence-corrected chi connectivity index (χ1v) is 5.91. The second kappa shape index (κ2) is 4.22. The highest BCUT2D eigenvalue weighted by atomic mass is 35.5. The minimum Gasteiger partial charge on any atom is -0.454 e. The summed E-state index contributed by atoms with van der Waals surface area (Å²) in [5, 5.41) is 0. The van der Waals surface area contributed by atoms with Gasteiger partial charge in [0, 0.05) is 11.6 Å². The monoisotopic (exact) mass is 243 g/mol. The van der Waals surface area contributed by atoms with E-state index in [0.29, 0.717) is 5.88 Å². The van der Waals surface area contributed by atoms with E-state index in [1.807, 2.05) is 48.5 Å². The number of rotatable bonds is 2. The van der Waals surface area contributed by atoms with E-state index in [0.717, 1.165) is 28.1 Å². The van der Waals surface area contributed by atoms with Crippen LogP contribution in [0.4, 0.5) is 0 Å². The van der Waals surface area contributed by atoms with Crippen molar-refractivity contribution < 1.29 is 4.42 Å². The van der Waals surface area contributed by atoms with Crippen molar-refractivity contribution >= 4 is 22.7 Å². The second-order valence-electron chi connectivity index (χ2n) is 3.80. The number of benzene rings is 1. The summed E-state index contributed by atoms with van der Waals surface area (Å²) >= 11 is 5.76. The lowest BCUT2D eigenvalue weighted by Crippen LogP contribution is -1.82. The van der Waals surface area contributed by atoms with Gasteiger partial charge in [-0.15, -0.1) is 11.6 Å². The van der Waals surface area contributed by atoms with Gasteiger partial charge in [0.1, 0.15) is 11.3 Å². The molecule has 84 valence electrons. The SMILES string of the molecule is ClCc1ccc2oc(-c3ccccc3)cc2n1. The van der Waals surface area contributed by atoms with Gasteiger partial charge in [-0.25, -0.2) is 4.98 Å². The molecule has 3 aromatic rings. The van der Waals surface area contributed by atoms with E-state index >= 15 is 0 Å². The smallest absolute Gasteiger partial charge is 0.153 e. The van der Waals surface area contributed by atoms with Crippen molar-refractivity contribution in [1.82, 2.24) is 4.98 Å². The summed E-state index contributed by atoms with van der Waals surface area (Å²) in [6.07, 6.45) is 0. The van der Waals surface area contributed by atoms with Gasteiger partial charge in [-0.05, 0) is 12.1 Å². The van der Waals surface area contributed by atoms with Gasteiger partial charge >= 0.3 is 0 Å². The van der Waals surface area contributed by atoms with Crippen molar-refractivity contribution in [3.8, 4) is 11.3 Å². The summed E-state index contributed by atoms with van der Waals surface area (Å²) < 4.78 is 5.75. The number of fused-ring (bicyclic) bond motifs is 1. The van der Waals surface area contributed by atoms with Gasteiger partial charge in [-0.2, -0.15) is 0 Å². The molecule has 0 N–H and O–H groups in total. The van der Waals surface area contributed by atoms with Gasteiger partial charge in [0.05, 0.1) is 11.6 Å². The van der Waals surface area contributed by atoms with E-state index < -0.39 is 0 Å². The maximum absolute atomic E-state index is 5.76. The van der Waals surface area contributed by atoms with Crippen LogP contribution in [0.2, 0.25) is 0 Å². The van der Waals surface area contributed by atoms with E-state index in [9.17, 15) is 0 Å². The quantitative estimate of drug-likeness (QED) is 0.630. The third-order valence-corrected chi connectivity index (χ3v) is 2.90. The van der Waals surface area contributed by atoms with Crippen LogP contribution in [0, 0.1) is 0 Å². The molecule has 0 saturated carbocycles. The van der Waals surface area contributed by atoms with Crippen molar-refractivity contribution in [2.75, 3.05) is 0 Å².